The molecule has 6 heteroatoms. The highest BCUT2D eigenvalue weighted by Gasteiger charge is 2.17. The quantitative estimate of drug-likeness (QED) is 0.504. The van der Waals surface area contributed by atoms with Crippen LogP contribution in [0, 0.1) is 13.8 Å². The van der Waals surface area contributed by atoms with E-state index in [1.165, 1.54) is 13.0 Å². The minimum absolute atomic E-state index is 0.0199. The van der Waals surface area contributed by atoms with Gasteiger partial charge in [0.2, 0.25) is 0 Å². The molecule has 160 valence electrons. The van der Waals surface area contributed by atoms with Crippen molar-refractivity contribution in [2.45, 2.75) is 46.8 Å². The highest BCUT2D eigenvalue weighted by Crippen LogP contribution is 2.29. The number of aryl methyl sites for hydroxylation is 2. The normalized spacial score (nSPS) is 12.0. The van der Waals surface area contributed by atoms with Crippen molar-refractivity contribution in [2.75, 3.05) is 12.4 Å². The van der Waals surface area contributed by atoms with Crippen LogP contribution in [0.3, 0.4) is 0 Å². The number of amides is 1. The van der Waals surface area contributed by atoms with E-state index in [0.29, 0.717) is 17.2 Å². The van der Waals surface area contributed by atoms with E-state index in [4.69, 9.17) is 14.2 Å². The Balaban J connectivity index is 1.98. The Labute approximate surface area is 177 Å². The maximum Gasteiger partial charge on any atom is 0.331 e. The molecule has 2 rings (SSSR count). The maximum atomic E-state index is 12.4. The second-order valence-electron chi connectivity index (χ2n) is 7.30. The van der Waals surface area contributed by atoms with E-state index in [1.807, 2.05) is 45.9 Å². The first-order valence-corrected chi connectivity index (χ1v) is 9.81. The summed E-state index contributed by atoms with van der Waals surface area (Å²) in [4.78, 5) is 24.5. The van der Waals surface area contributed by atoms with Crippen molar-refractivity contribution in [3.63, 3.8) is 0 Å². The van der Waals surface area contributed by atoms with E-state index < -0.39 is 12.1 Å². The molecule has 0 spiro atoms. The lowest BCUT2D eigenvalue weighted by molar-refractivity contribution is -0.148. The summed E-state index contributed by atoms with van der Waals surface area (Å²) in [7, 11) is 1.56. The molecule has 30 heavy (non-hydrogen) atoms. The number of anilines is 1. The third-order valence-electron chi connectivity index (χ3n) is 4.28. The highest BCUT2D eigenvalue weighted by molar-refractivity contribution is 5.97. The Bertz CT molecular complexity index is 933. The fourth-order valence-corrected chi connectivity index (χ4v) is 2.68. The summed E-state index contributed by atoms with van der Waals surface area (Å²) in [6.07, 6.45) is 1.96. The van der Waals surface area contributed by atoms with Crippen molar-refractivity contribution < 1.29 is 23.8 Å². The van der Waals surface area contributed by atoms with E-state index >= 15 is 0 Å². The molecule has 0 radical (unpaired) electrons. The second-order valence-corrected chi connectivity index (χ2v) is 7.30. The van der Waals surface area contributed by atoms with Gasteiger partial charge in [-0.05, 0) is 75.6 Å². The third kappa shape index (κ3) is 6.65. The molecular formula is C24H29NO5. The van der Waals surface area contributed by atoms with Gasteiger partial charge in [0.1, 0.15) is 0 Å². The monoisotopic (exact) mass is 411 g/mol. The topological polar surface area (TPSA) is 73.9 Å². The average molecular weight is 411 g/mol. The smallest absolute Gasteiger partial charge is 0.331 e. The van der Waals surface area contributed by atoms with Gasteiger partial charge in [-0.3, -0.25) is 4.79 Å². The van der Waals surface area contributed by atoms with Gasteiger partial charge in [-0.1, -0.05) is 18.2 Å². The Kier molecular flexibility index (Phi) is 8.04. The van der Waals surface area contributed by atoms with Gasteiger partial charge >= 0.3 is 5.97 Å². The molecule has 0 saturated carbocycles. The zero-order valence-electron chi connectivity index (χ0n) is 18.3. The molecule has 0 unspecified atom stereocenters. The fraction of sp³-hybridized carbons (Fsp3) is 0.333. The van der Waals surface area contributed by atoms with Crippen LogP contribution in [0.1, 0.15) is 37.5 Å². The predicted octanol–water partition coefficient (Wildman–Crippen LogP) is 4.68. The van der Waals surface area contributed by atoms with Crippen molar-refractivity contribution in [1.29, 1.82) is 0 Å². The van der Waals surface area contributed by atoms with E-state index in [0.717, 1.165) is 16.7 Å². The molecule has 1 N–H and O–H groups in total. The molecule has 0 bridgehead atoms. The van der Waals surface area contributed by atoms with Crippen LogP contribution in [0.5, 0.6) is 11.5 Å². The van der Waals surface area contributed by atoms with Crippen molar-refractivity contribution >= 4 is 23.6 Å². The van der Waals surface area contributed by atoms with Crippen LogP contribution >= 0.6 is 0 Å². The second kappa shape index (κ2) is 10.5. The summed E-state index contributed by atoms with van der Waals surface area (Å²) in [5.41, 5.74) is 3.41. The molecule has 6 nitrogen and oxygen atoms in total. The molecular weight excluding hydrogens is 382 g/mol. The molecule has 0 fully saturated rings. The molecule has 0 heterocycles. The number of esters is 1. The van der Waals surface area contributed by atoms with Crippen LogP contribution in [-0.4, -0.2) is 31.2 Å². The summed E-state index contributed by atoms with van der Waals surface area (Å²) in [6.45, 7) is 9.25. The minimum atomic E-state index is -0.932. The number of rotatable bonds is 8. The zero-order valence-corrected chi connectivity index (χ0v) is 18.3. The number of carbonyl (C=O) groups is 2. The first kappa shape index (κ1) is 23.0. The maximum absolute atomic E-state index is 12.4. The Morgan fingerprint density at radius 1 is 1.00 bits per heavy atom. The number of hydrogen-bond donors (Lipinski definition) is 1. The first-order valence-electron chi connectivity index (χ1n) is 9.81. The van der Waals surface area contributed by atoms with Gasteiger partial charge in [0, 0.05) is 11.8 Å². The summed E-state index contributed by atoms with van der Waals surface area (Å²) in [5, 5.41) is 2.80. The van der Waals surface area contributed by atoms with Crippen molar-refractivity contribution in [3.05, 3.63) is 59.2 Å². The van der Waals surface area contributed by atoms with Gasteiger partial charge in [-0.25, -0.2) is 4.79 Å². The average Bonchev–Trinajstić information content (AvgIpc) is 2.69. The molecule has 1 atom stereocenters. The molecule has 0 aliphatic heterocycles. The molecule has 1 amide bonds. The van der Waals surface area contributed by atoms with Gasteiger partial charge in [-0.2, -0.15) is 0 Å². The molecule has 0 saturated heterocycles. The molecule has 0 aromatic heterocycles. The molecule has 0 aliphatic carbocycles. The van der Waals surface area contributed by atoms with Crippen LogP contribution in [0.15, 0.2) is 42.5 Å². The number of ether oxygens (including phenoxy) is 3. The molecule has 0 aliphatic rings. The number of nitrogens with one attached hydrogen (secondary N) is 1. The van der Waals surface area contributed by atoms with Gasteiger partial charge in [0.15, 0.2) is 17.6 Å². The molecule has 2 aromatic rings. The molecule has 2 aromatic carbocycles. The first-order chi connectivity index (χ1) is 14.2. The van der Waals surface area contributed by atoms with Crippen molar-refractivity contribution in [1.82, 2.24) is 0 Å². The highest BCUT2D eigenvalue weighted by atomic mass is 16.5. The Morgan fingerprint density at radius 3 is 2.40 bits per heavy atom. The van der Waals surface area contributed by atoms with Gasteiger partial charge in [0.25, 0.3) is 5.91 Å². The van der Waals surface area contributed by atoms with E-state index in [1.54, 1.807) is 31.4 Å². The summed E-state index contributed by atoms with van der Waals surface area (Å²) in [6, 6.07) is 11.1. The predicted molar refractivity (Wildman–Crippen MR) is 118 cm³/mol. The summed E-state index contributed by atoms with van der Waals surface area (Å²) in [5.74, 6) is 0.201. The number of benzene rings is 2. The number of hydrogen-bond acceptors (Lipinski definition) is 5. The standard InChI is InChI=1S/C24H29NO5/c1-15(2)29-21-11-9-19(14-22(21)28-6)10-12-23(26)30-18(5)24(27)25-20-13-16(3)7-8-17(20)4/h7-15,18H,1-6H3,(H,25,27)/b12-10+/t18-/m0/s1. The van der Waals surface area contributed by atoms with E-state index in [9.17, 15) is 9.59 Å². The lowest BCUT2D eigenvalue weighted by Gasteiger charge is -2.14. The lowest BCUT2D eigenvalue weighted by atomic mass is 10.1. The van der Waals surface area contributed by atoms with Crippen molar-refractivity contribution in [3.8, 4) is 11.5 Å². The fourth-order valence-electron chi connectivity index (χ4n) is 2.68. The Hall–Kier alpha value is -3.28. The third-order valence-corrected chi connectivity index (χ3v) is 4.28. The number of carbonyl (C=O) groups excluding carboxylic acids is 2. The minimum Gasteiger partial charge on any atom is -0.493 e. The van der Waals surface area contributed by atoms with Crippen molar-refractivity contribution in [2.24, 2.45) is 0 Å². The largest absolute Gasteiger partial charge is 0.493 e. The lowest BCUT2D eigenvalue weighted by Crippen LogP contribution is -2.29. The van der Waals surface area contributed by atoms with E-state index in [-0.39, 0.29) is 12.0 Å². The van der Waals surface area contributed by atoms with Crippen LogP contribution in [-0.2, 0) is 14.3 Å². The van der Waals surface area contributed by atoms with Crippen LogP contribution in [0.2, 0.25) is 0 Å². The van der Waals surface area contributed by atoms with Gasteiger partial charge in [0.05, 0.1) is 13.2 Å². The van der Waals surface area contributed by atoms with Gasteiger partial charge in [-0.15, -0.1) is 0 Å². The zero-order chi connectivity index (χ0) is 22.3. The van der Waals surface area contributed by atoms with Crippen LogP contribution < -0.4 is 14.8 Å². The Morgan fingerprint density at radius 2 is 1.73 bits per heavy atom. The van der Waals surface area contributed by atoms with Gasteiger partial charge < -0.3 is 19.5 Å². The van der Waals surface area contributed by atoms with Crippen LogP contribution in [0.4, 0.5) is 5.69 Å². The summed E-state index contributed by atoms with van der Waals surface area (Å²) >= 11 is 0. The van der Waals surface area contributed by atoms with E-state index in [2.05, 4.69) is 5.32 Å². The SMILES string of the molecule is COc1cc(/C=C/C(=O)O[C@@H](C)C(=O)Nc2cc(C)ccc2C)ccc1OC(C)C. The summed E-state index contributed by atoms with van der Waals surface area (Å²) < 4.78 is 16.2. The van der Waals surface area contributed by atoms with Crippen LogP contribution in [0.25, 0.3) is 6.08 Å². The number of methoxy groups -OCH3 is 1.